The van der Waals surface area contributed by atoms with Crippen molar-refractivity contribution in [1.82, 2.24) is 9.88 Å². The van der Waals surface area contributed by atoms with Gasteiger partial charge in [-0.25, -0.2) is 0 Å². The third kappa shape index (κ3) is 7.09. The van der Waals surface area contributed by atoms with Crippen molar-refractivity contribution in [2.45, 2.75) is 58.0 Å². The molecule has 1 aromatic carbocycles. The number of hydrogen-bond acceptors (Lipinski definition) is 5. The summed E-state index contributed by atoms with van der Waals surface area (Å²) in [7, 11) is 1.63. The van der Waals surface area contributed by atoms with Gasteiger partial charge in [-0.1, -0.05) is 19.3 Å². The Labute approximate surface area is 191 Å². The summed E-state index contributed by atoms with van der Waals surface area (Å²) in [6, 6.07) is 10.3. The van der Waals surface area contributed by atoms with Gasteiger partial charge < -0.3 is 14.8 Å². The molecule has 1 aliphatic carbocycles. The molecule has 172 valence electrons. The number of benzene rings is 1. The van der Waals surface area contributed by atoms with Crippen molar-refractivity contribution in [3.63, 3.8) is 0 Å². The number of aromatic nitrogens is 1. The fourth-order valence-corrected chi connectivity index (χ4v) is 4.23. The van der Waals surface area contributed by atoms with Crippen LogP contribution in [0.5, 0.6) is 11.5 Å². The first kappa shape index (κ1) is 23.8. The number of amides is 1. The molecule has 0 aliphatic heterocycles. The summed E-state index contributed by atoms with van der Waals surface area (Å²) in [5.41, 5.74) is 1.58. The minimum atomic E-state index is -0.207. The van der Waals surface area contributed by atoms with E-state index in [4.69, 9.17) is 9.47 Å². The molecule has 1 fully saturated rings. The summed E-state index contributed by atoms with van der Waals surface area (Å²) in [4.78, 5) is 18.8. The van der Waals surface area contributed by atoms with E-state index < -0.39 is 0 Å². The van der Waals surface area contributed by atoms with E-state index in [1.54, 1.807) is 25.6 Å². The second kappa shape index (κ2) is 12.2. The summed E-state index contributed by atoms with van der Waals surface area (Å²) >= 11 is 0. The Morgan fingerprint density at radius 1 is 1.16 bits per heavy atom. The summed E-state index contributed by atoms with van der Waals surface area (Å²) < 4.78 is 11.6. The number of methoxy groups -OCH3 is 1. The van der Waals surface area contributed by atoms with Gasteiger partial charge in [0.25, 0.3) is 0 Å². The van der Waals surface area contributed by atoms with Gasteiger partial charge in [0.05, 0.1) is 7.11 Å². The third-order valence-corrected chi connectivity index (χ3v) is 5.88. The van der Waals surface area contributed by atoms with Crippen molar-refractivity contribution < 1.29 is 14.3 Å². The summed E-state index contributed by atoms with van der Waals surface area (Å²) in [6.45, 7) is 5.96. The quantitative estimate of drug-likeness (QED) is 0.520. The Morgan fingerprint density at radius 2 is 1.91 bits per heavy atom. The molecule has 1 saturated carbocycles. The van der Waals surface area contributed by atoms with Crippen LogP contribution < -0.4 is 14.8 Å². The van der Waals surface area contributed by atoms with Crippen LogP contribution in [0.1, 0.15) is 51.5 Å². The van der Waals surface area contributed by atoms with Crippen LogP contribution in [0.3, 0.4) is 0 Å². The molecular weight excluding hydrogens is 402 g/mol. The number of nitrogens with one attached hydrogen (secondary N) is 1. The topological polar surface area (TPSA) is 63.7 Å². The molecule has 6 heteroatoms. The molecule has 0 radical (unpaired) electrons. The van der Waals surface area contributed by atoms with Crippen molar-refractivity contribution >= 4 is 17.7 Å². The number of ether oxygens (including phenoxy) is 2. The Hall–Kier alpha value is -2.86. The van der Waals surface area contributed by atoms with Gasteiger partial charge in [0.1, 0.15) is 6.61 Å². The molecule has 0 atom stereocenters. The van der Waals surface area contributed by atoms with Crippen LogP contribution in [0.2, 0.25) is 0 Å². The number of rotatable bonds is 10. The summed E-state index contributed by atoms with van der Waals surface area (Å²) in [5, 5.41) is 2.89. The fraction of sp³-hybridized carbons (Fsp3) is 0.462. The Kier molecular flexibility index (Phi) is 9.11. The van der Waals surface area contributed by atoms with Crippen LogP contribution in [0, 0.1) is 0 Å². The van der Waals surface area contributed by atoms with Crippen molar-refractivity contribution in [2.75, 3.05) is 25.6 Å². The zero-order valence-corrected chi connectivity index (χ0v) is 19.4. The third-order valence-electron chi connectivity index (χ3n) is 5.88. The number of carbonyl (C=O) groups is 1. The molecule has 2 aromatic rings. The Bertz CT molecular complexity index is 877. The highest BCUT2D eigenvalue weighted by atomic mass is 16.5. The Balaban J connectivity index is 1.59. The van der Waals surface area contributed by atoms with E-state index in [1.807, 2.05) is 30.3 Å². The lowest BCUT2D eigenvalue weighted by molar-refractivity contribution is -0.111. The van der Waals surface area contributed by atoms with Gasteiger partial charge in [-0.05, 0) is 62.6 Å². The van der Waals surface area contributed by atoms with Crippen molar-refractivity contribution in [1.29, 1.82) is 0 Å². The number of pyridine rings is 1. The van der Waals surface area contributed by atoms with Crippen LogP contribution in [0.4, 0.5) is 5.69 Å². The molecule has 0 bridgehead atoms. The van der Waals surface area contributed by atoms with E-state index in [0.717, 1.165) is 12.1 Å². The number of nitrogens with zero attached hydrogens (tertiary/aromatic N) is 2. The van der Waals surface area contributed by atoms with E-state index >= 15 is 0 Å². The lowest BCUT2D eigenvalue weighted by atomic mass is 9.93. The number of anilines is 1. The van der Waals surface area contributed by atoms with Gasteiger partial charge in [-0.15, -0.1) is 0 Å². The molecule has 1 heterocycles. The average molecular weight is 438 g/mol. The molecule has 6 nitrogen and oxygen atoms in total. The molecule has 0 unspecified atom stereocenters. The van der Waals surface area contributed by atoms with Crippen LogP contribution in [-0.4, -0.2) is 48.1 Å². The van der Waals surface area contributed by atoms with Crippen LogP contribution in [-0.2, 0) is 4.79 Å². The summed E-state index contributed by atoms with van der Waals surface area (Å²) in [6.07, 6.45) is 13.2. The van der Waals surface area contributed by atoms with Crippen LogP contribution in [0.15, 0.2) is 48.8 Å². The smallest absolute Gasteiger partial charge is 0.248 e. The molecule has 1 aromatic heterocycles. The monoisotopic (exact) mass is 437 g/mol. The average Bonchev–Trinajstić information content (AvgIpc) is 2.81. The standard InChI is InChI=1S/C26H35N3O3/c1-20(2)29(23-7-5-4-6-8-23)17-18-32-25-19-22(10-11-24(25)31-3)28-26(30)12-9-21-13-15-27-16-14-21/h9-16,19-20,23H,4-8,17-18H2,1-3H3,(H,28,30). The molecular formula is C26H35N3O3. The van der Waals surface area contributed by atoms with Gasteiger partial charge in [0.2, 0.25) is 5.91 Å². The predicted molar refractivity (Wildman–Crippen MR) is 129 cm³/mol. The maximum atomic E-state index is 12.3. The van der Waals surface area contributed by atoms with E-state index in [1.165, 1.54) is 38.2 Å². The van der Waals surface area contributed by atoms with Crippen molar-refractivity contribution in [3.05, 3.63) is 54.4 Å². The molecule has 3 rings (SSSR count). The molecule has 1 amide bonds. The lowest BCUT2D eigenvalue weighted by Crippen LogP contribution is -2.43. The highest BCUT2D eigenvalue weighted by Crippen LogP contribution is 2.31. The first-order valence-corrected chi connectivity index (χ1v) is 11.5. The highest BCUT2D eigenvalue weighted by Gasteiger charge is 2.23. The van der Waals surface area contributed by atoms with Gasteiger partial charge in [0, 0.05) is 48.9 Å². The van der Waals surface area contributed by atoms with Crippen molar-refractivity contribution in [2.24, 2.45) is 0 Å². The van der Waals surface area contributed by atoms with Crippen LogP contribution >= 0.6 is 0 Å². The van der Waals surface area contributed by atoms with Crippen LogP contribution in [0.25, 0.3) is 6.08 Å². The van der Waals surface area contributed by atoms with Gasteiger partial charge >= 0.3 is 0 Å². The fourth-order valence-electron chi connectivity index (χ4n) is 4.23. The largest absolute Gasteiger partial charge is 0.493 e. The first-order chi connectivity index (χ1) is 15.6. The Morgan fingerprint density at radius 3 is 2.59 bits per heavy atom. The van der Waals surface area contributed by atoms with E-state index in [-0.39, 0.29) is 5.91 Å². The zero-order valence-electron chi connectivity index (χ0n) is 19.4. The molecule has 1 aliphatic rings. The molecule has 32 heavy (non-hydrogen) atoms. The van der Waals surface area contributed by atoms with Gasteiger partial charge in [-0.3, -0.25) is 14.7 Å². The maximum absolute atomic E-state index is 12.3. The molecule has 1 N–H and O–H groups in total. The second-order valence-electron chi connectivity index (χ2n) is 8.44. The van der Waals surface area contributed by atoms with E-state index in [9.17, 15) is 4.79 Å². The predicted octanol–water partition coefficient (Wildman–Crippen LogP) is 5.16. The minimum Gasteiger partial charge on any atom is -0.493 e. The minimum absolute atomic E-state index is 0.207. The SMILES string of the molecule is COc1ccc(NC(=O)C=Cc2ccncc2)cc1OCCN(C(C)C)C1CCCCC1. The highest BCUT2D eigenvalue weighted by molar-refractivity contribution is 6.02. The van der Waals surface area contributed by atoms with E-state index in [0.29, 0.717) is 35.9 Å². The maximum Gasteiger partial charge on any atom is 0.248 e. The normalized spacial score (nSPS) is 14.8. The van der Waals surface area contributed by atoms with Gasteiger partial charge in [-0.2, -0.15) is 0 Å². The lowest BCUT2D eigenvalue weighted by Gasteiger charge is -2.37. The molecule has 0 spiro atoms. The number of hydrogen-bond donors (Lipinski definition) is 1. The van der Waals surface area contributed by atoms with E-state index in [2.05, 4.69) is 29.0 Å². The first-order valence-electron chi connectivity index (χ1n) is 11.5. The van der Waals surface area contributed by atoms with Crippen molar-refractivity contribution in [3.8, 4) is 11.5 Å². The zero-order chi connectivity index (χ0) is 22.8. The number of carbonyl (C=O) groups excluding carboxylic acids is 1. The second-order valence-corrected chi connectivity index (χ2v) is 8.44. The summed E-state index contributed by atoms with van der Waals surface area (Å²) in [5.74, 6) is 1.08. The molecule has 0 saturated heterocycles. The van der Waals surface area contributed by atoms with Gasteiger partial charge in [0.15, 0.2) is 11.5 Å².